The van der Waals surface area contributed by atoms with Gasteiger partial charge in [-0.3, -0.25) is 14.6 Å². The molecule has 1 aliphatic rings. The smallest absolute Gasteiger partial charge is 0.226 e. The molecule has 0 spiro atoms. The van der Waals surface area contributed by atoms with Gasteiger partial charge in [-0.15, -0.1) is 0 Å². The molecular weight excluding hydrogens is 426 g/mol. The molecule has 1 aromatic heterocycles. The molecule has 1 N–H and O–H groups in total. The van der Waals surface area contributed by atoms with Gasteiger partial charge in [-0.2, -0.15) is 0 Å². The Morgan fingerprint density at radius 3 is 2.50 bits per heavy atom. The fourth-order valence-electron chi connectivity index (χ4n) is 3.82. The van der Waals surface area contributed by atoms with E-state index < -0.39 is 9.84 Å². The molecule has 0 radical (unpaired) electrons. The standard InChI is InChI=1S/C21H24ClN3O4S/c1-13-11-24-20(12-23-13)25-21(27)10-17(14-3-6-16(26)7-4-14)15-5-8-19(18(22)9-15)30(2,28)29/h5,8-9,11-12,14,17H,3-4,6-7,10H2,1-2H3,(H,24,25,27)/t17-/m1/s1. The van der Waals surface area contributed by atoms with Crippen LogP contribution in [0.1, 0.15) is 49.3 Å². The number of halogens is 1. The predicted octanol–water partition coefficient (Wildman–Crippen LogP) is 3.71. The first-order valence-corrected chi connectivity index (χ1v) is 12.0. The molecule has 1 fully saturated rings. The quantitative estimate of drug-likeness (QED) is 0.720. The summed E-state index contributed by atoms with van der Waals surface area (Å²) in [4.78, 5) is 32.7. The number of Topliss-reactive ketones (excluding diaryl/α,β-unsaturated/α-hetero) is 1. The number of nitrogens with zero attached hydrogens (tertiary/aromatic N) is 2. The Morgan fingerprint density at radius 2 is 1.93 bits per heavy atom. The zero-order valence-electron chi connectivity index (χ0n) is 16.9. The minimum absolute atomic E-state index is 0.0601. The summed E-state index contributed by atoms with van der Waals surface area (Å²) < 4.78 is 23.8. The van der Waals surface area contributed by atoms with Crippen molar-refractivity contribution in [2.24, 2.45) is 5.92 Å². The van der Waals surface area contributed by atoms with Gasteiger partial charge in [-0.25, -0.2) is 13.4 Å². The van der Waals surface area contributed by atoms with E-state index in [1.54, 1.807) is 18.3 Å². The number of ketones is 1. The first-order chi connectivity index (χ1) is 14.1. The summed E-state index contributed by atoms with van der Waals surface area (Å²) in [6.45, 7) is 1.81. The first-order valence-electron chi connectivity index (χ1n) is 9.73. The van der Waals surface area contributed by atoms with E-state index in [1.807, 2.05) is 6.92 Å². The zero-order valence-corrected chi connectivity index (χ0v) is 18.5. The van der Waals surface area contributed by atoms with Crippen molar-refractivity contribution >= 4 is 38.9 Å². The van der Waals surface area contributed by atoms with Crippen LogP contribution in [0.15, 0.2) is 35.5 Å². The largest absolute Gasteiger partial charge is 0.309 e. The van der Waals surface area contributed by atoms with E-state index in [1.165, 1.54) is 12.3 Å². The number of nitrogens with one attached hydrogen (secondary N) is 1. The molecular formula is C21H24ClN3O4S. The van der Waals surface area contributed by atoms with Gasteiger partial charge in [0.05, 0.1) is 28.0 Å². The van der Waals surface area contributed by atoms with Crippen LogP contribution in [0, 0.1) is 12.8 Å². The number of anilines is 1. The maximum absolute atomic E-state index is 12.7. The van der Waals surface area contributed by atoms with Gasteiger partial charge in [0.2, 0.25) is 5.91 Å². The Morgan fingerprint density at radius 1 is 1.23 bits per heavy atom. The van der Waals surface area contributed by atoms with Crippen LogP contribution >= 0.6 is 11.6 Å². The summed E-state index contributed by atoms with van der Waals surface area (Å²) in [5.41, 5.74) is 1.54. The normalized spacial score (nSPS) is 16.3. The van der Waals surface area contributed by atoms with Crippen molar-refractivity contribution in [1.82, 2.24) is 9.97 Å². The summed E-state index contributed by atoms with van der Waals surface area (Å²) in [5, 5.41) is 2.89. The van der Waals surface area contributed by atoms with Crippen LogP contribution in [0.2, 0.25) is 5.02 Å². The van der Waals surface area contributed by atoms with Crippen molar-refractivity contribution in [2.75, 3.05) is 11.6 Å². The average Bonchev–Trinajstić information content (AvgIpc) is 2.68. The first kappa shape index (κ1) is 22.4. The lowest BCUT2D eigenvalue weighted by molar-refractivity contribution is -0.121. The van der Waals surface area contributed by atoms with Gasteiger partial charge < -0.3 is 5.32 Å². The maximum atomic E-state index is 12.7. The summed E-state index contributed by atoms with van der Waals surface area (Å²) in [6.07, 6.45) is 6.70. The second-order valence-electron chi connectivity index (χ2n) is 7.74. The van der Waals surface area contributed by atoms with Crippen LogP contribution in [0.5, 0.6) is 0 Å². The minimum atomic E-state index is -3.45. The molecule has 0 saturated heterocycles. The van der Waals surface area contributed by atoms with E-state index in [0.717, 1.165) is 17.5 Å². The summed E-state index contributed by atoms with van der Waals surface area (Å²) in [7, 11) is -3.45. The van der Waals surface area contributed by atoms with Gasteiger partial charge in [-0.1, -0.05) is 17.7 Å². The van der Waals surface area contributed by atoms with Crippen LogP contribution in [0.3, 0.4) is 0 Å². The monoisotopic (exact) mass is 449 g/mol. The lowest BCUT2D eigenvalue weighted by Crippen LogP contribution is -2.25. The molecule has 1 atom stereocenters. The molecule has 0 bridgehead atoms. The minimum Gasteiger partial charge on any atom is -0.309 e. The maximum Gasteiger partial charge on any atom is 0.226 e. The molecule has 1 aromatic carbocycles. The van der Waals surface area contributed by atoms with Gasteiger partial charge in [0.1, 0.15) is 5.78 Å². The Balaban J connectivity index is 1.85. The van der Waals surface area contributed by atoms with Gasteiger partial charge in [0.15, 0.2) is 15.7 Å². The third-order valence-corrected chi connectivity index (χ3v) is 6.97. The van der Waals surface area contributed by atoms with Crippen molar-refractivity contribution < 1.29 is 18.0 Å². The van der Waals surface area contributed by atoms with Gasteiger partial charge >= 0.3 is 0 Å². The number of hydrogen-bond donors (Lipinski definition) is 1. The number of amides is 1. The van der Waals surface area contributed by atoms with Crippen molar-refractivity contribution in [3.05, 3.63) is 46.9 Å². The number of rotatable bonds is 6. The Kier molecular flexibility index (Phi) is 6.88. The van der Waals surface area contributed by atoms with E-state index in [9.17, 15) is 18.0 Å². The van der Waals surface area contributed by atoms with Crippen LogP contribution in [-0.2, 0) is 19.4 Å². The number of aryl methyl sites for hydroxylation is 1. The van der Waals surface area contributed by atoms with E-state index in [-0.39, 0.29) is 39.9 Å². The van der Waals surface area contributed by atoms with Crippen molar-refractivity contribution in [3.8, 4) is 0 Å². The average molecular weight is 450 g/mol. The highest BCUT2D eigenvalue weighted by Crippen LogP contribution is 2.39. The second kappa shape index (κ2) is 9.22. The highest BCUT2D eigenvalue weighted by atomic mass is 35.5. The third-order valence-electron chi connectivity index (χ3n) is 5.39. The number of carbonyl (C=O) groups excluding carboxylic acids is 2. The summed E-state index contributed by atoms with van der Waals surface area (Å²) >= 11 is 6.25. The molecule has 9 heteroatoms. The Hall–Kier alpha value is -2.32. The van der Waals surface area contributed by atoms with Crippen molar-refractivity contribution in [3.63, 3.8) is 0 Å². The molecule has 30 heavy (non-hydrogen) atoms. The molecule has 1 heterocycles. The fourth-order valence-corrected chi connectivity index (χ4v) is 5.16. The van der Waals surface area contributed by atoms with E-state index in [4.69, 9.17) is 11.6 Å². The van der Waals surface area contributed by atoms with Crippen LogP contribution < -0.4 is 5.32 Å². The molecule has 7 nitrogen and oxygen atoms in total. The van der Waals surface area contributed by atoms with Gasteiger partial charge in [-0.05, 0) is 49.3 Å². The lowest BCUT2D eigenvalue weighted by atomic mass is 9.75. The SMILES string of the molecule is Cc1cnc(NC(=O)C[C@@H](c2ccc(S(C)(=O)=O)c(Cl)c2)C2CCC(=O)CC2)cn1. The summed E-state index contributed by atoms with van der Waals surface area (Å²) in [5.74, 6) is 0.308. The molecule has 1 amide bonds. The molecule has 1 aliphatic carbocycles. The molecule has 0 aliphatic heterocycles. The van der Waals surface area contributed by atoms with Crippen molar-refractivity contribution in [2.45, 2.75) is 49.8 Å². The molecule has 0 unspecified atom stereocenters. The topological polar surface area (TPSA) is 106 Å². The highest BCUT2D eigenvalue weighted by Gasteiger charge is 2.30. The number of hydrogen-bond acceptors (Lipinski definition) is 6. The second-order valence-corrected chi connectivity index (χ2v) is 10.1. The molecule has 1 saturated carbocycles. The number of benzene rings is 1. The highest BCUT2D eigenvalue weighted by molar-refractivity contribution is 7.90. The number of aromatic nitrogens is 2. The number of sulfone groups is 1. The zero-order chi connectivity index (χ0) is 21.9. The van der Waals surface area contributed by atoms with Gasteiger partial charge in [0.25, 0.3) is 0 Å². The molecule has 2 aromatic rings. The van der Waals surface area contributed by atoms with Crippen LogP contribution in [-0.4, -0.2) is 36.3 Å². The third kappa shape index (κ3) is 5.64. The summed E-state index contributed by atoms with van der Waals surface area (Å²) in [6, 6.07) is 4.82. The fraction of sp³-hybridized carbons (Fsp3) is 0.429. The van der Waals surface area contributed by atoms with Gasteiger partial charge in [0, 0.05) is 25.5 Å². The number of carbonyl (C=O) groups is 2. The van der Waals surface area contributed by atoms with Crippen LogP contribution in [0.4, 0.5) is 5.82 Å². The molecule has 3 rings (SSSR count). The Labute approximate surface area is 181 Å². The van der Waals surface area contributed by atoms with Crippen LogP contribution in [0.25, 0.3) is 0 Å². The molecule has 160 valence electrons. The van der Waals surface area contributed by atoms with Crippen molar-refractivity contribution in [1.29, 1.82) is 0 Å². The van der Waals surface area contributed by atoms with E-state index in [0.29, 0.717) is 31.5 Å². The van der Waals surface area contributed by atoms with E-state index in [2.05, 4.69) is 15.3 Å². The lowest BCUT2D eigenvalue weighted by Gasteiger charge is -2.30. The van der Waals surface area contributed by atoms with E-state index >= 15 is 0 Å². The predicted molar refractivity (Wildman–Crippen MR) is 114 cm³/mol. The Bertz CT molecular complexity index is 1040.